The highest BCUT2D eigenvalue weighted by Crippen LogP contribution is 2.24. The van der Waals surface area contributed by atoms with E-state index in [1.165, 1.54) is 0 Å². The van der Waals surface area contributed by atoms with Crippen molar-refractivity contribution in [3.05, 3.63) is 52.3 Å². The molecular formula is C13H11Cl2N7. The van der Waals surface area contributed by atoms with Crippen molar-refractivity contribution < 1.29 is 0 Å². The fourth-order valence-electron chi connectivity index (χ4n) is 1.87. The van der Waals surface area contributed by atoms with Gasteiger partial charge in [-0.2, -0.15) is 15.0 Å². The van der Waals surface area contributed by atoms with E-state index in [1.54, 1.807) is 30.6 Å². The number of rotatable bonds is 4. The van der Waals surface area contributed by atoms with Crippen LogP contribution in [0.2, 0.25) is 10.0 Å². The third-order valence-electron chi connectivity index (χ3n) is 2.70. The smallest absolute Gasteiger partial charge is 0.232 e. The number of aromatic nitrogens is 5. The first-order valence-electron chi connectivity index (χ1n) is 6.30. The van der Waals surface area contributed by atoms with Crippen LogP contribution in [0, 0.1) is 0 Å². The monoisotopic (exact) mass is 335 g/mol. The minimum Gasteiger partial charge on any atom is -0.368 e. The summed E-state index contributed by atoms with van der Waals surface area (Å²) in [5, 5.41) is 4.02. The molecule has 3 rings (SSSR count). The minimum atomic E-state index is 0.118. The molecule has 0 aliphatic rings. The Labute approximate surface area is 135 Å². The van der Waals surface area contributed by atoms with Crippen molar-refractivity contribution in [3.63, 3.8) is 0 Å². The van der Waals surface area contributed by atoms with Crippen molar-refractivity contribution in [1.82, 2.24) is 24.9 Å². The second-order valence-corrected chi connectivity index (χ2v) is 5.30. The molecule has 0 saturated carbocycles. The first-order chi connectivity index (χ1) is 10.6. The summed E-state index contributed by atoms with van der Waals surface area (Å²) in [6.07, 6.45) is 3.81. The van der Waals surface area contributed by atoms with Crippen LogP contribution in [0.1, 0.15) is 11.6 Å². The molecule has 0 saturated heterocycles. The third-order valence-corrected chi connectivity index (χ3v) is 3.13. The summed E-state index contributed by atoms with van der Waals surface area (Å²) in [5.41, 5.74) is 6.38. The summed E-state index contributed by atoms with van der Waals surface area (Å²) in [7, 11) is 0. The lowest BCUT2D eigenvalue weighted by atomic mass is 10.3. The molecule has 22 heavy (non-hydrogen) atoms. The Morgan fingerprint density at radius 1 is 1.09 bits per heavy atom. The second-order valence-electron chi connectivity index (χ2n) is 4.43. The Morgan fingerprint density at radius 3 is 2.55 bits per heavy atom. The van der Waals surface area contributed by atoms with Crippen LogP contribution < -0.4 is 11.1 Å². The van der Waals surface area contributed by atoms with Crippen LogP contribution >= 0.6 is 23.2 Å². The number of nitrogen functional groups attached to an aromatic ring is 1. The number of imidazole rings is 1. The van der Waals surface area contributed by atoms with Crippen molar-refractivity contribution in [2.45, 2.75) is 6.42 Å². The first-order valence-corrected chi connectivity index (χ1v) is 7.06. The van der Waals surface area contributed by atoms with Crippen LogP contribution in [0.5, 0.6) is 0 Å². The molecule has 0 unspecified atom stereocenters. The van der Waals surface area contributed by atoms with E-state index < -0.39 is 0 Å². The Morgan fingerprint density at radius 2 is 1.86 bits per heavy atom. The lowest BCUT2D eigenvalue weighted by Crippen LogP contribution is -2.08. The van der Waals surface area contributed by atoms with Crippen LogP contribution in [0.4, 0.5) is 17.6 Å². The molecule has 0 atom stereocenters. The molecule has 0 aliphatic carbocycles. The van der Waals surface area contributed by atoms with Gasteiger partial charge in [0.2, 0.25) is 11.9 Å². The van der Waals surface area contributed by atoms with E-state index in [0.29, 0.717) is 33.9 Å². The average Bonchev–Trinajstić information content (AvgIpc) is 2.89. The molecule has 2 aromatic heterocycles. The molecule has 2 heterocycles. The van der Waals surface area contributed by atoms with Crippen molar-refractivity contribution in [1.29, 1.82) is 0 Å². The Kier molecular flexibility index (Phi) is 4.08. The van der Waals surface area contributed by atoms with Gasteiger partial charge in [0.25, 0.3) is 0 Å². The average molecular weight is 336 g/mol. The largest absolute Gasteiger partial charge is 0.368 e. The lowest BCUT2D eigenvalue weighted by Gasteiger charge is -2.07. The SMILES string of the molecule is Nc1nc(Cc2ncc[nH]2)nc(Nc2cc(Cl)cc(Cl)c2)n1. The van der Waals surface area contributed by atoms with E-state index in [0.717, 1.165) is 5.82 Å². The van der Waals surface area contributed by atoms with Crippen LogP contribution in [0.25, 0.3) is 0 Å². The van der Waals surface area contributed by atoms with Crippen molar-refractivity contribution in [3.8, 4) is 0 Å². The molecule has 9 heteroatoms. The van der Waals surface area contributed by atoms with Gasteiger partial charge in [-0.15, -0.1) is 0 Å². The topological polar surface area (TPSA) is 105 Å². The molecule has 1 aromatic carbocycles. The summed E-state index contributed by atoms with van der Waals surface area (Å²) < 4.78 is 0. The maximum Gasteiger partial charge on any atom is 0.232 e. The number of aromatic amines is 1. The van der Waals surface area contributed by atoms with Crippen LogP contribution in [0.3, 0.4) is 0 Å². The highest BCUT2D eigenvalue weighted by molar-refractivity contribution is 6.35. The fourth-order valence-corrected chi connectivity index (χ4v) is 2.40. The molecule has 0 bridgehead atoms. The molecular weight excluding hydrogens is 325 g/mol. The van der Waals surface area contributed by atoms with E-state index in [-0.39, 0.29) is 5.95 Å². The van der Waals surface area contributed by atoms with Gasteiger partial charge >= 0.3 is 0 Å². The van der Waals surface area contributed by atoms with Crippen LogP contribution in [0.15, 0.2) is 30.6 Å². The third kappa shape index (κ3) is 3.63. The molecule has 112 valence electrons. The first kappa shape index (κ1) is 14.6. The minimum absolute atomic E-state index is 0.118. The van der Waals surface area contributed by atoms with E-state index in [9.17, 15) is 0 Å². The molecule has 0 fully saturated rings. The fraction of sp³-hybridized carbons (Fsp3) is 0.0769. The zero-order valence-corrected chi connectivity index (χ0v) is 12.7. The number of hydrogen-bond donors (Lipinski definition) is 3. The maximum atomic E-state index is 5.96. The number of hydrogen-bond acceptors (Lipinski definition) is 6. The van der Waals surface area contributed by atoms with Gasteiger partial charge < -0.3 is 16.0 Å². The number of nitrogens with one attached hydrogen (secondary N) is 2. The number of halogens is 2. The van der Waals surface area contributed by atoms with Gasteiger partial charge in [0, 0.05) is 28.1 Å². The zero-order chi connectivity index (χ0) is 15.5. The Balaban J connectivity index is 1.85. The van der Waals surface area contributed by atoms with Gasteiger partial charge in [0.15, 0.2) is 0 Å². The van der Waals surface area contributed by atoms with Gasteiger partial charge in [0.05, 0.1) is 6.42 Å². The summed E-state index contributed by atoms with van der Waals surface area (Å²) >= 11 is 11.9. The predicted molar refractivity (Wildman–Crippen MR) is 85.4 cm³/mol. The normalized spacial score (nSPS) is 10.6. The molecule has 7 nitrogen and oxygen atoms in total. The highest BCUT2D eigenvalue weighted by Gasteiger charge is 2.08. The lowest BCUT2D eigenvalue weighted by molar-refractivity contribution is 0.894. The Hall–Kier alpha value is -2.38. The summed E-state index contributed by atoms with van der Waals surface area (Å²) in [6.45, 7) is 0. The summed E-state index contributed by atoms with van der Waals surface area (Å²) in [6, 6.07) is 5.05. The van der Waals surface area contributed by atoms with Gasteiger partial charge in [-0.25, -0.2) is 4.98 Å². The maximum absolute atomic E-state index is 5.96. The quantitative estimate of drug-likeness (QED) is 0.676. The molecule has 3 aromatic rings. The van der Waals surface area contributed by atoms with E-state index in [1.807, 2.05) is 0 Å². The van der Waals surface area contributed by atoms with E-state index >= 15 is 0 Å². The molecule has 0 amide bonds. The number of benzene rings is 1. The number of nitrogens with zero attached hydrogens (tertiary/aromatic N) is 4. The molecule has 0 aliphatic heterocycles. The second kappa shape index (κ2) is 6.17. The van der Waals surface area contributed by atoms with Gasteiger partial charge in [-0.3, -0.25) is 0 Å². The van der Waals surface area contributed by atoms with E-state index in [2.05, 4.69) is 30.2 Å². The number of H-pyrrole nitrogens is 1. The standard InChI is InChI=1S/C13H11Cl2N7/c14-7-3-8(15)5-9(4-7)19-13-21-11(20-12(16)22-13)6-10-17-1-2-18-10/h1-5H,6H2,(H,17,18)(H3,16,19,20,21,22). The molecule has 0 spiro atoms. The molecule has 0 radical (unpaired) electrons. The van der Waals surface area contributed by atoms with E-state index in [4.69, 9.17) is 28.9 Å². The van der Waals surface area contributed by atoms with Crippen LogP contribution in [-0.2, 0) is 6.42 Å². The van der Waals surface area contributed by atoms with Crippen molar-refractivity contribution >= 4 is 40.8 Å². The summed E-state index contributed by atoms with van der Waals surface area (Å²) in [5.74, 6) is 1.67. The highest BCUT2D eigenvalue weighted by atomic mass is 35.5. The number of anilines is 3. The van der Waals surface area contributed by atoms with Gasteiger partial charge in [-0.05, 0) is 18.2 Å². The number of nitrogens with two attached hydrogens (primary N) is 1. The molecule has 4 N–H and O–H groups in total. The zero-order valence-electron chi connectivity index (χ0n) is 11.2. The predicted octanol–water partition coefficient (Wildman–Crippen LogP) is 2.82. The summed E-state index contributed by atoms with van der Waals surface area (Å²) in [4.78, 5) is 19.5. The van der Waals surface area contributed by atoms with Crippen LogP contribution in [-0.4, -0.2) is 24.9 Å². The van der Waals surface area contributed by atoms with Crippen molar-refractivity contribution in [2.24, 2.45) is 0 Å². The van der Waals surface area contributed by atoms with Crippen molar-refractivity contribution in [2.75, 3.05) is 11.1 Å². The Bertz CT molecular complexity index is 769. The van der Waals surface area contributed by atoms with Gasteiger partial charge in [0.1, 0.15) is 11.6 Å². The van der Waals surface area contributed by atoms with Gasteiger partial charge in [-0.1, -0.05) is 23.2 Å².